The van der Waals surface area contributed by atoms with Gasteiger partial charge in [-0.3, -0.25) is 0 Å². The summed E-state index contributed by atoms with van der Waals surface area (Å²) >= 11 is 3.23. The molecule has 0 fully saturated rings. The van der Waals surface area contributed by atoms with E-state index in [9.17, 15) is 13.2 Å². The number of nitrogens with two attached hydrogens (primary N) is 1. The van der Waals surface area contributed by atoms with E-state index in [0.29, 0.717) is 16.5 Å². The minimum absolute atomic E-state index is 0.458. The SMILES string of the molecule is C=C(CC)CC(N)c1cc(C(F)(F)F)ccc1Br. The molecule has 0 heterocycles. The van der Waals surface area contributed by atoms with E-state index in [1.165, 1.54) is 6.07 Å². The molecule has 0 amide bonds. The summed E-state index contributed by atoms with van der Waals surface area (Å²) in [5.41, 5.74) is 6.62. The third kappa shape index (κ3) is 3.85. The van der Waals surface area contributed by atoms with Crippen LogP contribution >= 0.6 is 15.9 Å². The van der Waals surface area contributed by atoms with Crippen LogP contribution in [0.4, 0.5) is 13.2 Å². The van der Waals surface area contributed by atoms with Crippen molar-refractivity contribution in [2.45, 2.75) is 32.0 Å². The van der Waals surface area contributed by atoms with Gasteiger partial charge in [-0.1, -0.05) is 35.0 Å². The predicted octanol–water partition coefficient (Wildman–Crippen LogP) is 4.82. The first-order chi connectivity index (χ1) is 8.25. The minimum atomic E-state index is -4.35. The summed E-state index contributed by atoms with van der Waals surface area (Å²) in [4.78, 5) is 0. The minimum Gasteiger partial charge on any atom is -0.324 e. The topological polar surface area (TPSA) is 26.0 Å². The molecule has 0 aliphatic carbocycles. The van der Waals surface area contributed by atoms with E-state index in [-0.39, 0.29) is 0 Å². The lowest BCUT2D eigenvalue weighted by Crippen LogP contribution is -2.14. The third-order valence-electron chi connectivity index (χ3n) is 2.73. The van der Waals surface area contributed by atoms with Gasteiger partial charge in [-0.25, -0.2) is 0 Å². The van der Waals surface area contributed by atoms with Gasteiger partial charge in [-0.2, -0.15) is 13.2 Å². The van der Waals surface area contributed by atoms with Crippen LogP contribution in [0, 0.1) is 0 Å². The van der Waals surface area contributed by atoms with Gasteiger partial charge in [0, 0.05) is 10.5 Å². The molecule has 1 nitrogen and oxygen atoms in total. The molecule has 0 bridgehead atoms. The average Bonchev–Trinajstić information content (AvgIpc) is 2.27. The second kappa shape index (κ2) is 5.89. The van der Waals surface area contributed by atoms with E-state index in [1.807, 2.05) is 6.92 Å². The Morgan fingerprint density at radius 2 is 2.06 bits per heavy atom. The molecular formula is C13H15BrF3N. The highest BCUT2D eigenvalue weighted by Gasteiger charge is 2.31. The molecule has 2 N–H and O–H groups in total. The van der Waals surface area contributed by atoms with Crippen LogP contribution in [-0.2, 0) is 6.18 Å². The van der Waals surface area contributed by atoms with Crippen molar-refractivity contribution in [1.29, 1.82) is 0 Å². The van der Waals surface area contributed by atoms with Crippen molar-refractivity contribution in [2.75, 3.05) is 0 Å². The Morgan fingerprint density at radius 3 is 2.56 bits per heavy atom. The van der Waals surface area contributed by atoms with Gasteiger partial charge in [-0.15, -0.1) is 0 Å². The molecular weight excluding hydrogens is 307 g/mol. The average molecular weight is 322 g/mol. The highest BCUT2D eigenvalue weighted by Crippen LogP contribution is 2.34. The van der Waals surface area contributed by atoms with Crippen LogP contribution in [0.2, 0.25) is 0 Å². The molecule has 0 aromatic heterocycles. The largest absolute Gasteiger partial charge is 0.416 e. The summed E-state index contributed by atoms with van der Waals surface area (Å²) in [7, 11) is 0. The molecule has 1 unspecified atom stereocenters. The van der Waals surface area contributed by atoms with Crippen molar-refractivity contribution in [3.8, 4) is 0 Å². The maximum absolute atomic E-state index is 12.6. The van der Waals surface area contributed by atoms with Crippen molar-refractivity contribution in [3.63, 3.8) is 0 Å². The van der Waals surface area contributed by atoms with Gasteiger partial charge >= 0.3 is 6.18 Å². The maximum atomic E-state index is 12.6. The van der Waals surface area contributed by atoms with E-state index in [0.717, 1.165) is 24.1 Å². The first-order valence-corrected chi connectivity index (χ1v) is 6.33. The van der Waals surface area contributed by atoms with Crippen LogP contribution in [0.5, 0.6) is 0 Å². The zero-order valence-corrected chi connectivity index (χ0v) is 11.6. The van der Waals surface area contributed by atoms with Crippen LogP contribution in [0.1, 0.15) is 36.9 Å². The van der Waals surface area contributed by atoms with Crippen LogP contribution in [0.15, 0.2) is 34.8 Å². The van der Waals surface area contributed by atoms with E-state index in [1.54, 1.807) is 0 Å². The predicted molar refractivity (Wildman–Crippen MR) is 70.1 cm³/mol. The lowest BCUT2D eigenvalue weighted by Gasteiger charge is -2.17. The van der Waals surface area contributed by atoms with Gasteiger partial charge in [0.05, 0.1) is 5.56 Å². The monoisotopic (exact) mass is 321 g/mol. The molecule has 1 aromatic carbocycles. The fraction of sp³-hybridized carbons (Fsp3) is 0.385. The molecule has 5 heteroatoms. The van der Waals surface area contributed by atoms with Gasteiger partial charge in [0.25, 0.3) is 0 Å². The Bertz CT molecular complexity index is 440. The molecule has 1 rings (SSSR count). The first kappa shape index (κ1) is 15.2. The normalized spacial score (nSPS) is 13.4. The molecule has 0 saturated carbocycles. The summed E-state index contributed by atoms with van der Waals surface area (Å²) in [5, 5.41) is 0. The van der Waals surface area contributed by atoms with Gasteiger partial charge in [-0.05, 0) is 36.6 Å². The summed E-state index contributed by atoms with van der Waals surface area (Å²) in [6, 6.07) is 3.04. The van der Waals surface area contributed by atoms with Crippen LogP contribution < -0.4 is 5.73 Å². The number of benzene rings is 1. The van der Waals surface area contributed by atoms with Crippen molar-refractivity contribution >= 4 is 15.9 Å². The highest BCUT2D eigenvalue weighted by molar-refractivity contribution is 9.10. The molecule has 0 saturated heterocycles. The van der Waals surface area contributed by atoms with E-state index < -0.39 is 17.8 Å². The van der Waals surface area contributed by atoms with Gasteiger partial charge in [0.2, 0.25) is 0 Å². The van der Waals surface area contributed by atoms with E-state index in [2.05, 4.69) is 22.5 Å². The molecule has 18 heavy (non-hydrogen) atoms. The van der Waals surface area contributed by atoms with E-state index >= 15 is 0 Å². The van der Waals surface area contributed by atoms with Gasteiger partial charge in [0.15, 0.2) is 0 Å². The van der Waals surface area contributed by atoms with Crippen molar-refractivity contribution < 1.29 is 13.2 Å². The van der Waals surface area contributed by atoms with Gasteiger partial charge < -0.3 is 5.73 Å². The van der Waals surface area contributed by atoms with E-state index in [4.69, 9.17) is 5.73 Å². The lowest BCUT2D eigenvalue weighted by atomic mass is 9.97. The number of hydrogen-bond donors (Lipinski definition) is 1. The van der Waals surface area contributed by atoms with Gasteiger partial charge in [0.1, 0.15) is 0 Å². The Kier molecular flexibility index (Phi) is 4.99. The smallest absolute Gasteiger partial charge is 0.324 e. The lowest BCUT2D eigenvalue weighted by molar-refractivity contribution is -0.137. The van der Waals surface area contributed by atoms with Crippen molar-refractivity contribution in [3.05, 3.63) is 46.0 Å². The van der Waals surface area contributed by atoms with Crippen LogP contribution in [-0.4, -0.2) is 0 Å². The van der Waals surface area contributed by atoms with Crippen molar-refractivity contribution in [2.24, 2.45) is 5.73 Å². The second-order valence-corrected chi connectivity index (χ2v) is 5.00. The zero-order valence-electron chi connectivity index (χ0n) is 10.0. The standard InChI is InChI=1S/C13H15BrF3N/c1-3-8(2)6-12(18)10-7-9(13(15,16)17)4-5-11(10)14/h4-5,7,12H,2-3,6,18H2,1H3. The quantitative estimate of drug-likeness (QED) is 0.790. The second-order valence-electron chi connectivity index (χ2n) is 4.15. The number of rotatable bonds is 4. The zero-order chi connectivity index (χ0) is 13.9. The summed E-state index contributed by atoms with van der Waals surface area (Å²) in [5.74, 6) is 0. The fourth-order valence-electron chi connectivity index (χ4n) is 1.57. The number of alkyl halides is 3. The molecule has 100 valence electrons. The Balaban J connectivity index is 3.04. The van der Waals surface area contributed by atoms with Crippen LogP contribution in [0.3, 0.4) is 0 Å². The number of halogens is 4. The molecule has 1 aromatic rings. The summed E-state index contributed by atoms with van der Waals surface area (Å²) < 4.78 is 38.4. The molecule has 0 spiro atoms. The summed E-state index contributed by atoms with van der Waals surface area (Å²) in [6.07, 6.45) is -3.10. The summed E-state index contributed by atoms with van der Waals surface area (Å²) in [6.45, 7) is 5.76. The van der Waals surface area contributed by atoms with Crippen molar-refractivity contribution in [1.82, 2.24) is 0 Å². The highest BCUT2D eigenvalue weighted by atomic mass is 79.9. The number of hydrogen-bond acceptors (Lipinski definition) is 1. The maximum Gasteiger partial charge on any atom is 0.416 e. The molecule has 0 aliphatic rings. The Hall–Kier alpha value is -0.810. The fourth-order valence-corrected chi connectivity index (χ4v) is 2.11. The molecule has 0 radical (unpaired) electrons. The Morgan fingerprint density at radius 1 is 1.44 bits per heavy atom. The molecule has 0 aliphatic heterocycles. The Labute approximate surface area is 113 Å². The molecule has 1 atom stereocenters. The first-order valence-electron chi connectivity index (χ1n) is 5.54. The third-order valence-corrected chi connectivity index (χ3v) is 3.45. The van der Waals surface area contributed by atoms with Crippen LogP contribution in [0.25, 0.3) is 0 Å².